The Balaban J connectivity index is 2.56. The predicted octanol–water partition coefficient (Wildman–Crippen LogP) is 6.63. The lowest BCUT2D eigenvalue weighted by atomic mass is 9.84. The van der Waals surface area contributed by atoms with Crippen molar-refractivity contribution < 1.29 is 9.90 Å². The van der Waals surface area contributed by atoms with E-state index in [2.05, 4.69) is 21.2 Å². The number of aryl methyl sites for hydroxylation is 1. The van der Waals surface area contributed by atoms with E-state index in [9.17, 15) is 9.90 Å². The molecule has 0 spiro atoms. The minimum absolute atomic E-state index is 0.0370. The Morgan fingerprint density at radius 1 is 1.12 bits per heavy atom. The zero-order valence-corrected chi connectivity index (χ0v) is 17.8. The molecular weight excluding hydrogens is 425 g/mol. The van der Waals surface area contributed by atoms with E-state index in [0.717, 1.165) is 10.0 Å². The monoisotopic (exact) mass is 443 g/mol. The Kier molecular flexibility index (Phi) is 5.77. The number of aromatic hydroxyl groups is 1. The Bertz CT molecular complexity index is 834. The van der Waals surface area contributed by atoms with Crippen molar-refractivity contribution in [3.63, 3.8) is 0 Å². The number of amides is 1. The fourth-order valence-electron chi connectivity index (χ4n) is 2.58. The fraction of sp³-hybridized carbons (Fsp3) is 0.316. The Labute approximate surface area is 166 Å². The molecule has 25 heavy (non-hydrogen) atoms. The van der Waals surface area contributed by atoms with Crippen LogP contribution in [0.4, 0.5) is 5.69 Å². The van der Waals surface area contributed by atoms with E-state index in [1.165, 1.54) is 0 Å². The van der Waals surface area contributed by atoms with Crippen molar-refractivity contribution in [2.75, 3.05) is 5.32 Å². The summed E-state index contributed by atoms with van der Waals surface area (Å²) >= 11 is 15.9. The highest BCUT2D eigenvalue weighted by atomic mass is 79.9. The van der Waals surface area contributed by atoms with Crippen LogP contribution >= 0.6 is 39.1 Å². The van der Waals surface area contributed by atoms with Gasteiger partial charge in [-0.05, 0) is 48.6 Å². The van der Waals surface area contributed by atoms with Crippen LogP contribution in [-0.2, 0) is 5.41 Å². The van der Waals surface area contributed by atoms with E-state index >= 15 is 0 Å². The smallest absolute Gasteiger partial charge is 0.259 e. The molecular formula is C19H20BrCl2NO2. The van der Waals surface area contributed by atoms with Crippen LogP contribution in [0.1, 0.15) is 47.8 Å². The molecule has 6 heteroatoms. The van der Waals surface area contributed by atoms with Crippen molar-refractivity contribution >= 4 is 50.7 Å². The number of nitrogens with one attached hydrogen (secondary N) is 1. The largest absolute Gasteiger partial charge is 0.507 e. The average Bonchev–Trinajstić information content (AvgIpc) is 2.45. The Morgan fingerprint density at radius 3 is 2.12 bits per heavy atom. The number of hydrogen-bond acceptors (Lipinski definition) is 2. The molecule has 134 valence electrons. The van der Waals surface area contributed by atoms with Crippen LogP contribution in [0.15, 0.2) is 22.7 Å². The molecule has 0 aliphatic heterocycles. The van der Waals surface area contributed by atoms with Crippen LogP contribution in [0.2, 0.25) is 10.0 Å². The van der Waals surface area contributed by atoms with Crippen molar-refractivity contribution in [2.24, 2.45) is 0 Å². The Morgan fingerprint density at radius 2 is 1.64 bits per heavy atom. The van der Waals surface area contributed by atoms with E-state index in [0.29, 0.717) is 26.9 Å². The van der Waals surface area contributed by atoms with Gasteiger partial charge in [-0.25, -0.2) is 0 Å². The van der Waals surface area contributed by atoms with Crippen LogP contribution in [0.5, 0.6) is 5.75 Å². The number of anilines is 1. The number of rotatable bonds is 2. The maximum absolute atomic E-state index is 12.9. The lowest BCUT2D eigenvalue weighted by molar-refractivity contribution is 0.102. The molecule has 0 saturated heterocycles. The topological polar surface area (TPSA) is 49.3 Å². The number of halogens is 3. The van der Waals surface area contributed by atoms with Gasteiger partial charge >= 0.3 is 0 Å². The molecule has 0 fully saturated rings. The summed E-state index contributed by atoms with van der Waals surface area (Å²) < 4.78 is 0.751. The van der Waals surface area contributed by atoms with E-state index in [4.69, 9.17) is 23.2 Å². The summed E-state index contributed by atoms with van der Waals surface area (Å²) in [5.41, 5.74) is 2.42. The van der Waals surface area contributed by atoms with E-state index in [-0.39, 0.29) is 16.7 Å². The summed E-state index contributed by atoms with van der Waals surface area (Å²) in [4.78, 5) is 12.9. The van der Waals surface area contributed by atoms with Crippen molar-refractivity contribution in [2.45, 2.75) is 40.0 Å². The van der Waals surface area contributed by atoms with Crippen LogP contribution in [0.25, 0.3) is 0 Å². The first kappa shape index (κ1) is 20.1. The minimum atomic E-state index is -0.463. The molecule has 2 N–H and O–H groups in total. The average molecular weight is 445 g/mol. The lowest BCUT2D eigenvalue weighted by Gasteiger charge is -2.24. The molecule has 2 rings (SSSR count). The summed E-state index contributed by atoms with van der Waals surface area (Å²) in [5.74, 6) is -0.500. The van der Waals surface area contributed by atoms with Gasteiger partial charge in [-0.15, -0.1) is 0 Å². The van der Waals surface area contributed by atoms with Gasteiger partial charge in [0.05, 0.1) is 21.3 Å². The molecule has 0 saturated carbocycles. The summed E-state index contributed by atoms with van der Waals surface area (Å²) in [7, 11) is 0. The summed E-state index contributed by atoms with van der Waals surface area (Å²) in [5, 5.41) is 14.1. The van der Waals surface area contributed by atoms with E-state index in [1.54, 1.807) is 19.1 Å². The van der Waals surface area contributed by atoms with Crippen LogP contribution in [0, 0.1) is 13.8 Å². The van der Waals surface area contributed by atoms with Crippen molar-refractivity contribution in [3.8, 4) is 5.75 Å². The van der Waals surface area contributed by atoms with Gasteiger partial charge in [-0.1, -0.05) is 59.9 Å². The molecule has 1 amide bonds. The van der Waals surface area contributed by atoms with Crippen LogP contribution < -0.4 is 5.32 Å². The van der Waals surface area contributed by atoms with Crippen molar-refractivity contribution in [1.29, 1.82) is 0 Å². The minimum Gasteiger partial charge on any atom is -0.507 e. The first-order valence-electron chi connectivity index (χ1n) is 7.73. The molecule has 0 bridgehead atoms. The summed E-state index contributed by atoms with van der Waals surface area (Å²) in [6, 6.07) is 5.28. The third-order valence-corrected chi connectivity index (χ3v) is 5.38. The second kappa shape index (κ2) is 7.18. The molecule has 0 atom stereocenters. The molecule has 2 aromatic carbocycles. The first-order valence-corrected chi connectivity index (χ1v) is 9.28. The zero-order valence-electron chi connectivity index (χ0n) is 14.7. The van der Waals surface area contributed by atoms with Gasteiger partial charge in [0.15, 0.2) is 0 Å². The molecule has 0 heterocycles. The van der Waals surface area contributed by atoms with E-state index < -0.39 is 5.91 Å². The first-order chi connectivity index (χ1) is 11.4. The van der Waals surface area contributed by atoms with E-state index in [1.807, 2.05) is 33.8 Å². The summed E-state index contributed by atoms with van der Waals surface area (Å²) in [6.45, 7) is 9.55. The van der Waals surface area contributed by atoms with Gasteiger partial charge in [-0.2, -0.15) is 0 Å². The van der Waals surface area contributed by atoms with Crippen molar-refractivity contribution in [1.82, 2.24) is 0 Å². The second-order valence-electron chi connectivity index (χ2n) is 7.06. The number of hydrogen-bond donors (Lipinski definition) is 2. The highest BCUT2D eigenvalue weighted by Gasteiger charge is 2.26. The number of phenolic OH excluding ortho intramolecular Hbond substituents is 1. The zero-order chi connectivity index (χ0) is 19.1. The number of benzene rings is 2. The molecule has 0 unspecified atom stereocenters. The predicted molar refractivity (Wildman–Crippen MR) is 108 cm³/mol. The quantitative estimate of drug-likeness (QED) is 0.546. The molecule has 0 radical (unpaired) electrons. The fourth-order valence-corrected chi connectivity index (χ4v) is 3.70. The normalized spacial score (nSPS) is 11.5. The van der Waals surface area contributed by atoms with Crippen LogP contribution in [0.3, 0.4) is 0 Å². The number of carbonyl (C=O) groups excluding carboxylic acids is 1. The van der Waals surface area contributed by atoms with Crippen molar-refractivity contribution in [3.05, 3.63) is 55.0 Å². The highest BCUT2D eigenvalue weighted by molar-refractivity contribution is 9.10. The molecule has 0 aliphatic carbocycles. The SMILES string of the molecule is Cc1cc(Cl)c(NC(=O)c2c(C)c(Br)cc(C(C)(C)C)c2O)c(Cl)c1. The molecule has 0 aliphatic rings. The van der Waals surface area contributed by atoms with Gasteiger partial charge in [0.1, 0.15) is 5.75 Å². The summed E-state index contributed by atoms with van der Waals surface area (Å²) in [6.07, 6.45) is 0. The highest BCUT2D eigenvalue weighted by Crippen LogP contribution is 2.39. The third kappa shape index (κ3) is 4.13. The van der Waals surface area contributed by atoms with Gasteiger partial charge in [0, 0.05) is 10.0 Å². The maximum Gasteiger partial charge on any atom is 0.259 e. The van der Waals surface area contributed by atoms with Gasteiger partial charge in [0.25, 0.3) is 5.91 Å². The molecule has 2 aromatic rings. The molecule has 0 aromatic heterocycles. The van der Waals surface area contributed by atoms with Gasteiger partial charge in [0.2, 0.25) is 0 Å². The van der Waals surface area contributed by atoms with Crippen LogP contribution in [-0.4, -0.2) is 11.0 Å². The standard InChI is InChI=1S/C19H20BrCl2NO2/c1-9-6-13(21)16(14(22)7-9)23-18(25)15-10(2)12(20)8-11(17(15)24)19(3,4)5/h6-8,24H,1-5H3,(H,23,25). The van der Waals surface area contributed by atoms with Gasteiger partial charge < -0.3 is 10.4 Å². The molecule has 3 nitrogen and oxygen atoms in total. The lowest BCUT2D eigenvalue weighted by Crippen LogP contribution is -2.18. The number of carbonyl (C=O) groups is 1. The second-order valence-corrected chi connectivity index (χ2v) is 8.73. The maximum atomic E-state index is 12.9. The van der Waals surface area contributed by atoms with Gasteiger partial charge in [-0.3, -0.25) is 4.79 Å². The third-order valence-electron chi connectivity index (χ3n) is 3.96. The number of phenols is 1. The Hall–Kier alpha value is -1.23.